The van der Waals surface area contributed by atoms with Gasteiger partial charge in [-0.3, -0.25) is 0 Å². The molecule has 1 aromatic heterocycles. The monoisotopic (exact) mass is 220 g/mol. The molecule has 0 saturated carbocycles. The highest BCUT2D eigenvalue weighted by Gasteiger charge is 2.02. The predicted molar refractivity (Wildman–Crippen MR) is 57.9 cm³/mol. The molecule has 5 nitrogen and oxygen atoms in total. The van der Waals surface area contributed by atoms with Gasteiger partial charge in [0.25, 0.3) is 0 Å². The van der Waals surface area contributed by atoms with Crippen LogP contribution in [0.3, 0.4) is 0 Å². The van der Waals surface area contributed by atoms with Crippen molar-refractivity contribution in [3.63, 3.8) is 0 Å². The van der Waals surface area contributed by atoms with E-state index in [0.29, 0.717) is 5.56 Å². The summed E-state index contributed by atoms with van der Waals surface area (Å²) in [5.74, 6) is 0.0953. The second-order valence-corrected chi connectivity index (χ2v) is 3.46. The van der Waals surface area contributed by atoms with E-state index in [1.807, 2.05) is 17.5 Å². The van der Waals surface area contributed by atoms with Crippen LogP contribution < -0.4 is 5.73 Å². The molecule has 0 atom stereocenters. The number of nitrogens with zero attached hydrogens (tertiary/aromatic N) is 3. The van der Waals surface area contributed by atoms with Crippen LogP contribution in [0.15, 0.2) is 34.8 Å². The van der Waals surface area contributed by atoms with Crippen molar-refractivity contribution in [3.8, 4) is 11.3 Å². The van der Waals surface area contributed by atoms with E-state index in [4.69, 9.17) is 10.9 Å². The van der Waals surface area contributed by atoms with Crippen molar-refractivity contribution in [3.05, 3.63) is 35.2 Å². The van der Waals surface area contributed by atoms with E-state index in [1.165, 1.54) is 11.5 Å². The van der Waals surface area contributed by atoms with Crippen LogP contribution in [0.25, 0.3) is 11.3 Å². The van der Waals surface area contributed by atoms with Gasteiger partial charge in [0.1, 0.15) is 5.69 Å². The molecular weight excluding hydrogens is 212 g/mol. The third kappa shape index (κ3) is 1.94. The molecule has 15 heavy (non-hydrogen) atoms. The minimum absolute atomic E-state index is 0.0953. The molecule has 3 N–H and O–H groups in total. The number of hydrogen-bond acceptors (Lipinski definition) is 5. The summed E-state index contributed by atoms with van der Waals surface area (Å²) in [4.78, 5) is 0. The Kier molecular flexibility index (Phi) is 2.59. The Morgan fingerprint density at radius 3 is 2.60 bits per heavy atom. The number of nitrogens with two attached hydrogens (primary N) is 1. The van der Waals surface area contributed by atoms with Crippen molar-refractivity contribution in [2.24, 2.45) is 10.9 Å². The van der Waals surface area contributed by atoms with E-state index in [2.05, 4.69) is 14.7 Å². The van der Waals surface area contributed by atoms with Crippen LogP contribution in [0, 0.1) is 0 Å². The molecule has 6 heteroatoms. The van der Waals surface area contributed by atoms with E-state index in [1.54, 1.807) is 12.1 Å². The Hall–Kier alpha value is -1.95. The zero-order valence-electron chi connectivity index (χ0n) is 7.66. The van der Waals surface area contributed by atoms with Gasteiger partial charge in [0, 0.05) is 16.5 Å². The second-order valence-electron chi connectivity index (χ2n) is 2.85. The summed E-state index contributed by atoms with van der Waals surface area (Å²) < 4.78 is 3.78. The van der Waals surface area contributed by atoms with Gasteiger partial charge in [-0.2, -0.15) is 0 Å². The summed E-state index contributed by atoms with van der Waals surface area (Å²) in [6.07, 6.45) is 0. The largest absolute Gasteiger partial charge is 0.409 e. The second kappa shape index (κ2) is 4.05. The van der Waals surface area contributed by atoms with E-state index < -0.39 is 0 Å². The van der Waals surface area contributed by atoms with Gasteiger partial charge in [-0.1, -0.05) is 33.9 Å². The predicted octanol–water partition coefficient (Wildman–Crippen LogP) is 1.30. The average Bonchev–Trinajstić information content (AvgIpc) is 2.82. The lowest BCUT2D eigenvalue weighted by atomic mass is 10.1. The van der Waals surface area contributed by atoms with Gasteiger partial charge >= 0.3 is 0 Å². The van der Waals surface area contributed by atoms with Crippen molar-refractivity contribution >= 4 is 17.4 Å². The fraction of sp³-hybridized carbons (Fsp3) is 0. The summed E-state index contributed by atoms with van der Waals surface area (Å²) >= 11 is 1.30. The average molecular weight is 220 g/mol. The maximum atomic E-state index is 8.48. The van der Waals surface area contributed by atoms with Gasteiger partial charge in [0.05, 0.1) is 0 Å². The molecular formula is C9H8N4OS. The lowest BCUT2D eigenvalue weighted by molar-refractivity contribution is 0.318. The molecule has 0 fully saturated rings. The fourth-order valence-corrected chi connectivity index (χ4v) is 1.63. The van der Waals surface area contributed by atoms with Crippen LogP contribution in [0.1, 0.15) is 5.56 Å². The first-order valence-electron chi connectivity index (χ1n) is 4.16. The Morgan fingerprint density at radius 2 is 2.07 bits per heavy atom. The highest BCUT2D eigenvalue weighted by atomic mass is 32.1. The Bertz CT molecular complexity index is 463. The number of aromatic nitrogens is 2. The maximum absolute atomic E-state index is 8.48. The number of rotatable bonds is 2. The molecule has 0 unspecified atom stereocenters. The van der Waals surface area contributed by atoms with E-state index in [-0.39, 0.29) is 5.84 Å². The zero-order chi connectivity index (χ0) is 10.7. The Balaban J connectivity index is 2.33. The van der Waals surface area contributed by atoms with Gasteiger partial charge in [-0.25, -0.2) is 0 Å². The molecule has 0 radical (unpaired) electrons. The smallest absolute Gasteiger partial charge is 0.170 e. The molecule has 0 aliphatic carbocycles. The van der Waals surface area contributed by atoms with Crippen LogP contribution in [-0.2, 0) is 0 Å². The van der Waals surface area contributed by atoms with E-state index in [0.717, 1.165) is 11.3 Å². The molecule has 2 rings (SSSR count). The van der Waals surface area contributed by atoms with Crippen LogP contribution >= 0.6 is 11.5 Å². The number of amidine groups is 1. The first kappa shape index (κ1) is 9.60. The highest BCUT2D eigenvalue weighted by Crippen LogP contribution is 2.17. The van der Waals surface area contributed by atoms with Gasteiger partial charge < -0.3 is 10.9 Å². The van der Waals surface area contributed by atoms with Gasteiger partial charge in [-0.05, 0) is 11.5 Å². The standard InChI is InChI=1S/C9H8N4OS/c10-9(12-14)7-3-1-6(2-4-7)8-5-15-13-11-8/h1-5,14H,(H2,10,12). The maximum Gasteiger partial charge on any atom is 0.170 e. The lowest BCUT2D eigenvalue weighted by Crippen LogP contribution is -2.12. The molecule has 1 aromatic carbocycles. The molecule has 0 bridgehead atoms. The number of benzene rings is 1. The summed E-state index contributed by atoms with van der Waals surface area (Å²) in [5.41, 5.74) is 7.89. The highest BCUT2D eigenvalue weighted by molar-refractivity contribution is 7.03. The third-order valence-corrected chi connectivity index (χ3v) is 2.45. The van der Waals surface area contributed by atoms with Gasteiger partial charge in [0.2, 0.25) is 0 Å². The van der Waals surface area contributed by atoms with Crippen molar-refractivity contribution in [2.45, 2.75) is 0 Å². The molecule has 0 saturated heterocycles. The summed E-state index contributed by atoms with van der Waals surface area (Å²) in [6.45, 7) is 0. The molecule has 0 aliphatic rings. The third-order valence-electron chi connectivity index (χ3n) is 1.94. The fourth-order valence-electron chi connectivity index (χ4n) is 1.16. The van der Waals surface area contributed by atoms with Crippen LogP contribution in [-0.4, -0.2) is 20.6 Å². The summed E-state index contributed by atoms with van der Waals surface area (Å²) in [7, 11) is 0. The van der Waals surface area contributed by atoms with Gasteiger partial charge in [-0.15, -0.1) is 5.10 Å². The lowest BCUT2D eigenvalue weighted by Gasteiger charge is -1.99. The molecule has 0 amide bonds. The van der Waals surface area contributed by atoms with Crippen LogP contribution in [0.4, 0.5) is 0 Å². The van der Waals surface area contributed by atoms with Crippen LogP contribution in [0.2, 0.25) is 0 Å². The number of hydrogen-bond donors (Lipinski definition) is 2. The van der Waals surface area contributed by atoms with Crippen molar-refractivity contribution in [1.82, 2.24) is 9.59 Å². The van der Waals surface area contributed by atoms with Crippen molar-refractivity contribution in [2.75, 3.05) is 0 Å². The summed E-state index contributed by atoms with van der Waals surface area (Å²) in [6, 6.07) is 7.24. The SMILES string of the molecule is N/C(=N\O)c1ccc(-c2csnn2)cc1. The topological polar surface area (TPSA) is 84.4 Å². The zero-order valence-corrected chi connectivity index (χ0v) is 8.48. The Labute approximate surface area is 90.0 Å². The van der Waals surface area contributed by atoms with Crippen LogP contribution in [0.5, 0.6) is 0 Å². The molecule has 2 aromatic rings. The normalized spacial score (nSPS) is 11.6. The van der Waals surface area contributed by atoms with Crippen molar-refractivity contribution < 1.29 is 5.21 Å². The first-order valence-corrected chi connectivity index (χ1v) is 5.00. The number of oxime groups is 1. The van der Waals surface area contributed by atoms with Crippen molar-refractivity contribution in [1.29, 1.82) is 0 Å². The first-order chi connectivity index (χ1) is 7.31. The van der Waals surface area contributed by atoms with E-state index >= 15 is 0 Å². The minimum Gasteiger partial charge on any atom is -0.409 e. The Morgan fingerprint density at radius 1 is 1.33 bits per heavy atom. The minimum atomic E-state index is 0.0953. The quantitative estimate of drug-likeness (QED) is 0.346. The molecule has 76 valence electrons. The van der Waals surface area contributed by atoms with E-state index in [9.17, 15) is 0 Å². The molecule has 1 heterocycles. The molecule has 0 aliphatic heterocycles. The van der Waals surface area contributed by atoms with Gasteiger partial charge in [0.15, 0.2) is 5.84 Å². The molecule has 0 spiro atoms. The summed E-state index contributed by atoms with van der Waals surface area (Å²) in [5, 5.41) is 17.2.